The fourth-order valence-electron chi connectivity index (χ4n) is 3.00. The third-order valence-corrected chi connectivity index (χ3v) is 4.93. The van der Waals surface area contributed by atoms with Crippen molar-refractivity contribution in [2.45, 2.75) is 44.0 Å². The van der Waals surface area contributed by atoms with Crippen molar-refractivity contribution in [2.24, 2.45) is 5.92 Å². The van der Waals surface area contributed by atoms with Crippen LogP contribution in [-0.4, -0.2) is 27.3 Å². The summed E-state index contributed by atoms with van der Waals surface area (Å²) in [4.78, 5) is 15.5. The lowest BCUT2D eigenvalue weighted by molar-refractivity contribution is -0.143. The molecule has 7 heteroatoms. The standard InChI is InChI=1S/C17H19BrN2O4/c1-10-14(8-18)16(24-20-10)15-6-5-13(9-19-15)23-12-4-2-3-11(7-12)17(21)22/h5-6,9,11-12H,2-4,7-8H2,1H3,(H,21,22)/t11-,12-/m0/s1. The van der Waals surface area contributed by atoms with Gasteiger partial charge in [0.15, 0.2) is 5.76 Å². The van der Waals surface area contributed by atoms with Crippen LogP contribution in [0.15, 0.2) is 22.9 Å². The maximum Gasteiger partial charge on any atom is 0.306 e. The number of carbonyl (C=O) groups is 1. The summed E-state index contributed by atoms with van der Waals surface area (Å²) in [5, 5.41) is 13.8. The van der Waals surface area contributed by atoms with E-state index in [4.69, 9.17) is 14.4 Å². The number of nitrogens with zero attached hydrogens (tertiary/aromatic N) is 2. The van der Waals surface area contributed by atoms with Gasteiger partial charge < -0.3 is 14.4 Å². The molecule has 24 heavy (non-hydrogen) atoms. The van der Waals surface area contributed by atoms with Crippen LogP contribution in [0.4, 0.5) is 0 Å². The zero-order valence-corrected chi connectivity index (χ0v) is 15.0. The van der Waals surface area contributed by atoms with Crippen LogP contribution in [0.2, 0.25) is 0 Å². The number of hydrogen-bond donors (Lipinski definition) is 1. The minimum Gasteiger partial charge on any atom is -0.489 e. The van der Waals surface area contributed by atoms with E-state index >= 15 is 0 Å². The lowest BCUT2D eigenvalue weighted by atomic mass is 9.87. The van der Waals surface area contributed by atoms with Crippen LogP contribution in [0.5, 0.6) is 5.75 Å². The van der Waals surface area contributed by atoms with E-state index in [0.717, 1.165) is 30.5 Å². The van der Waals surface area contributed by atoms with Crippen molar-refractivity contribution in [1.82, 2.24) is 10.1 Å². The second-order valence-corrected chi connectivity index (χ2v) is 6.59. The average Bonchev–Trinajstić information content (AvgIpc) is 2.96. The summed E-state index contributed by atoms with van der Waals surface area (Å²) in [6.45, 7) is 1.89. The molecular formula is C17H19BrN2O4. The SMILES string of the molecule is Cc1noc(-c2ccc(O[C@H]3CCC[C@H](C(=O)O)C3)cn2)c1CBr. The van der Waals surface area contributed by atoms with E-state index < -0.39 is 5.97 Å². The summed E-state index contributed by atoms with van der Waals surface area (Å²) in [6, 6.07) is 3.67. The molecule has 2 atom stereocenters. The molecule has 0 bridgehead atoms. The van der Waals surface area contributed by atoms with Gasteiger partial charge in [0.2, 0.25) is 0 Å². The second-order valence-electron chi connectivity index (χ2n) is 6.03. The molecule has 2 aromatic rings. The van der Waals surface area contributed by atoms with E-state index in [-0.39, 0.29) is 12.0 Å². The second kappa shape index (κ2) is 7.34. The van der Waals surface area contributed by atoms with E-state index in [2.05, 4.69) is 26.1 Å². The summed E-state index contributed by atoms with van der Waals surface area (Å²) in [5.41, 5.74) is 2.52. The number of aromatic nitrogens is 2. The number of alkyl halides is 1. The number of aliphatic carboxylic acids is 1. The minimum absolute atomic E-state index is 0.0712. The van der Waals surface area contributed by atoms with Crippen molar-refractivity contribution in [1.29, 1.82) is 0 Å². The Labute approximate surface area is 148 Å². The van der Waals surface area contributed by atoms with Gasteiger partial charge in [0.05, 0.1) is 23.9 Å². The van der Waals surface area contributed by atoms with Crippen LogP contribution < -0.4 is 4.74 Å². The van der Waals surface area contributed by atoms with Gasteiger partial charge in [-0.2, -0.15) is 0 Å². The number of rotatable bonds is 5. The molecule has 6 nitrogen and oxygen atoms in total. The molecule has 0 aliphatic heterocycles. The first-order valence-corrected chi connectivity index (χ1v) is 9.07. The molecule has 1 aliphatic carbocycles. The maximum absolute atomic E-state index is 11.1. The van der Waals surface area contributed by atoms with Crippen molar-refractivity contribution >= 4 is 21.9 Å². The zero-order chi connectivity index (χ0) is 17.1. The molecule has 2 aromatic heterocycles. The van der Waals surface area contributed by atoms with Gasteiger partial charge in [0.1, 0.15) is 11.4 Å². The number of carboxylic acids is 1. The predicted molar refractivity (Wildman–Crippen MR) is 91.1 cm³/mol. The Kier molecular flexibility index (Phi) is 5.18. The number of pyridine rings is 1. The third-order valence-electron chi connectivity index (χ3n) is 4.37. The summed E-state index contributed by atoms with van der Waals surface area (Å²) < 4.78 is 11.3. The Morgan fingerprint density at radius 1 is 1.46 bits per heavy atom. The highest BCUT2D eigenvalue weighted by Gasteiger charge is 2.28. The Balaban J connectivity index is 1.69. The first-order valence-electron chi connectivity index (χ1n) is 7.95. The number of halogens is 1. The highest BCUT2D eigenvalue weighted by Crippen LogP contribution is 2.30. The van der Waals surface area contributed by atoms with E-state index in [9.17, 15) is 4.79 Å². The van der Waals surface area contributed by atoms with Crippen molar-refractivity contribution in [3.8, 4) is 17.2 Å². The van der Waals surface area contributed by atoms with Crippen molar-refractivity contribution in [3.63, 3.8) is 0 Å². The van der Waals surface area contributed by atoms with E-state index in [1.54, 1.807) is 6.20 Å². The molecule has 0 aromatic carbocycles. The first kappa shape index (κ1) is 17.0. The largest absolute Gasteiger partial charge is 0.489 e. The van der Waals surface area contributed by atoms with Crippen LogP contribution in [0.3, 0.4) is 0 Å². The molecule has 3 rings (SSSR count). The highest BCUT2D eigenvalue weighted by molar-refractivity contribution is 9.08. The minimum atomic E-state index is -0.736. The Morgan fingerprint density at radius 2 is 2.29 bits per heavy atom. The van der Waals surface area contributed by atoms with Crippen LogP contribution in [0.1, 0.15) is 36.9 Å². The molecular weight excluding hydrogens is 376 g/mol. The Hall–Kier alpha value is -1.89. The predicted octanol–water partition coefficient (Wildman–Crippen LogP) is 3.96. The van der Waals surface area contributed by atoms with Crippen LogP contribution >= 0.6 is 15.9 Å². The maximum atomic E-state index is 11.1. The molecule has 0 radical (unpaired) electrons. The van der Waals surface area contributed by atoms with Gasteiger partial charge in [-0.3, -0.25) is 4.79 Å². The molecule has 0 spiro atoms. The van der Waals surface area contributed by atoms with E-state index in [1.165, 1.54) is 0 Å². The highest BCUT2D eigenvalue weighted by atomic mass is 79.9. The van der Waals surface area contributed by atoms with Gasteiger partial charge in [-0.1, -0.05) is 21.1 Å². The normalized spacial score (nSPS) is 20.8. The zero-order valence-electron chi connectivity index (χ0n) is 13.4. The van der Waals surface area contributed by atoms with Crippen molar-refractivity contribution in [3.05, 3.63) is 29.6 Å². The van der Waals surface area contributed by atoms with Gasteiger partial charge in [-0.05, 0) is 44.7 Å². The Bertz CT molecular complexity index is 714. The van der Waals surface area contributed by atoms with Crippen LogP contribution in [0, 0.1) is 12.8 Å². The Morgan fingerprint density at radius 3 is 2.96 bits per heavy atom. The smallest absolute Gasteiger partial charge is 0.306 e. The lowest BCUT2D eigenvalue weighted by Crippen LogP contribution is -2.29. The fraction of sp³-hybridized carbons (Fsp3) is 0.471. The third kappa shape index (κ3) is 3.61. The number of hydrogen-bond acceptors (Lipinski definition) is 5. The van der Waals surface area contributed by atoms with E-state index in [0.29, 0.717) is 29.0 Å². The van der Waals surface area contributed by atoms with Gasteiger partial charge in [-0.15, -0.1) is 0 Å². The summed E-state index contributed by atoms with van der Waals surface area (Å²) >= 11 is 3.43. The van der Waals surface area contributed by atoms with Crippen molar-refractivity contribution < 1.29 is 19.2 Å². The fourth-order valence-corrected chi connectivity index (χ4v) is 3.66. The molecule has 1 N–H and O–H groups in total. The molecule has 0 unspecified atom stereocenters. The summed E-state index contributed by atoms with van der Waals surface area (Å²) in [6.07, 6.45) is 4.60. The number of aryl methyl sites for hydroxylation is 1. The van der Waals surface area contributed by atoms with Gasteiger partial charge in [0, 0.05) is 10.9 Å². The molecule has 2 heterocycles. The monoisotopic (exact) mass is 394 g/mol. The summed E-state index contributed by atoms with van der Waals surface area (Å²) in [7, 11) is 0. The number of carboxylic acid groups (broad SMARTS) is 1. The summed E-state index contributed by atoms with van der Waals surface area (Å²) in [5.74, 6) is 0.250. The van der Waals surface area contributed by atoms with Crippen molar-refractivity contribution in [2.75, 3.05) is 0 Å². The van der Waals surface area contributed by atoms with Gasteiger partial charge in [0.25, 0.3) is 0 Å². The molecule has 1 aliphatic rings. The van der Waals surface area contributed by atoms with Crippen LogP contribution in [-0.2, 0) is 10.1 Å². The molecule has 1 fully saturated rings. The quantitative estimate of drug-likeness (QED) is 0.772. The molecule has 0 saturated heterocycles. The lowest BCUT2D eigenvalue weighted by Gasteiger charge is -2.27. The van der Waals surface area contributed by atoms with Crippen LogP contribution in [0.25, 0.3) is 11.5 Å². The topological polar surface area (TPSA) is 85.5 Å². The van der Waals surface area contributed by atoms with Gasteiger partial charge >= 0.3 is 5.97 Å². The number of ether oxygens (including phenoxy) is 1. The first-order chi connectivity index (χ1) is 11.6. The molecule has 1 saturated carbocycles. The average molecular weight is 395 g/mol. The van der Waals surface area contributed by atoms with Gasteiger partial charge in [-0.25, -0.2) is 4.98 Å². The molecule has 0 amide bonds. The van der Waals surface area contributed by atoms with E-state index in [1.807, 2.05) is 19.1 Å². The molecule has 128 valence electrons.